The first-order valence-electron chi connectivity index (χ1n) is 14.2. The van der Waals surface area contributed by atoms with Crippen molar-refractivity contribution in [2.24, 2.45) is 5.92 Å². The van der Waals surface area contributed by atoms with Crippen LogP contribution in [-0.4, -0.2) is 35.0 Å². The molecule has 0 saturated carbocycles. The number of hydrogen-bond donors (Lipinski definition) is 2. The third-order valence-electron chi connectivity index (χ3n) is 7.37. The molecule has 0 radical (unpaired) electrons. The Hall–Kier alpha value is -4.41. The van der Waals surface area contributed by atoms with Crippen molar-refractivity contribution in [3.8, 4) is 0 Å². The number of ether oxygens (including phenoxy) is 1. The molecule has 234 valence electrons. The van der Waals surface area contributed by atoms with Crippen molar-refractivity contribution in [1.29, 1.82) is 0 Å². The lowest BCUT2D eigenvalue weighted by Gasteiger charge is -2.41. The summed E-state index contributed by atoms with van der Waals surface area (Å²) in [6.45, 7) is 8.36. The van der Waals surface area contributed by atoms with Crippen LogP contribution in [0.25, 0.3) is 0 Å². The zero-order valence-corrected chi connectivity index (χ0v) is 25.1. The Balaban J connectivity index is 1.69. The van der Waals surface area contributed by atoms with Crippen molar-refractivity contribution in [3.05, 3.63) is 94.3 Å². The smallest absolute Gasteiger partial charge is 0.416 e. The van der Waals surface area contributed by atoms with Crippen molar-refractivity contribution < 1.29 is 36.7 Å². The van der Waals surface area contributed by atoms with Crippen molar-refractivity contribution in [2.45, 2.75) is 65.3 Å². The summed E-state index contributed by atoms with van der Waals surface area (Å²) in [6, 6.07) is 13.5. The van der Waals surface area contributed by atoms with Gasteiger partial charge in [-0.2, -0.15) is 13.2 Å². The van der Waals surface area contributed by atoms with E-state index < -0.39 is 53.0 Å². The predicted octanol–water partition coefficient (Wildman–Crippen LogP) is 8.04. The minimum atomic E-state index is -4.60. The third-order valence-corrected chi connectivity index (χ3v) is 7.37. The summed E-state index contributed by atoms with van der Waals surface area (Å²) in [5, 5.41) is 5.24. The van der Waals surface area contributed by atoms with Gasteiger partial charge < -0.3 is 15.0 Å². The van der Waals surface area contributed by atoms with Gasteiger partial charge in [0, 0.05) is 17.9 Å². The van der Waals surface area contributed by atoms with Crippen LogP contribution in [0.3, 0.4) is 0 Å². The van der Waals surface area contributed by atoms with Crippen LogP contribution in [0.1, 0.15) is 72.3 Å². The quantitative estimate of drug-likeness (QED) is 0.285. The molecule has 0 unspecified atom stereocenters. The van der Waals surface area contributed by atoms with E-state index in [0.29, 0.717) is 29.7 Å². The summed E-state index contributed by atoms with van der Waals surface area (Å²) >= 11 is 0. The predicted molar refractivity (Wildman–Crippen MR) is 159 cm³/mol. The van der Waals surface area contributed by atoms with Crippen molar-refractivity contribution >= 4 is 29.3 Å². The third kappa shape index (κ3) is 7.56. The molecule has 1 aliphatic rings. The van der Waals surface area contributed by atoms with Crippen molar-refractivity contribution in [3.63, 3.8) is 0 Å². The summed E-state index contributed by atoms with van der Waals surface area (Å²) in [5.41, 5.74) is -0.345. The molecule has 3 aromatic rings. The van der Waals surface area contributed by atoms with Crippen LogP contribution in [0.15, 0.2) is 60.7 Å². The molecule has 4 rings (SSSR count). The number of rotatable bonds is 5. The van der Waals surface area contributed by atoms with Gasteiger partial charge in [0.2, 0.25) is 5.91 Å². The van der Waals surface area contributed by atoms with E-state index in [9.17, 15) is 31.9 Å². The maximum Gasteiger partial charge on any atom is 0.416 e. The van der Waals surface area contributed by atoms with Crippen LogP contribution in [0.2, 0.25) is 0 Å². The fourth-order valence-corrected chi connectivity index (χ4v) is 5.38. The Morgan fingerprint density at radius 2 is 1.55 bits per heavy atom. The highest BCUT2D eigenvalue weighted by atomic mass is 19.4. The van der Waals surface area contributed by atoms with Gasteiger partial charge in [0.05, 0.1) is 23.1 Å². The van der Waals surface area contributed by atoms with Crippen LogP contribution < -0.4 is 10.6 Å². The highest BCUT2D eigenvalue weighted by Gasteiger charge is 2.41. The first kappa shape index (κ1) is 32.5. The number of alkyl halides is 3. The summed E-state index contributed by atoms with van der Waals surface area (Å²) in [6.07, 6.45) is -4.53. The number of amides is 3. The molecule has 0 spiro atoms. The summed E-state index contributed by atoms with van der Waals surface area (Å²) in [4.78, 5) is 41.2. The summed E-state index contributed by atoms with van der Waals surface area (Å²) in [7, 11) is 0. The number of piperidine rings is 1. The topological polar surface area (TPSA) is 87.7 Å². The zero-order valence-electron chi connectivity index (χ0n) is 25.1. The number of likely N-dealkylation sites (tertiary alicyclic amines) is 1. The number of nitrogens with zero attached hydrogens (tertiary/aromatic N) is 1. The average Bonchev–Trinajstić information content (AvgIpc) is 2.92. The van der Waals surface area contributed by atoms with Crippen LogP contribution in [0.5, 0.6) is 0 Å². The number of hydrogen-bond acceptors (Lipinski definition) is 4. The van der Waals surface area contributed by atoms with Gasteiger partial charge in [-0.05, 0) is 94.5 Å². The second-order valence-corrected chi connectivity index (χ2v) is 11.9. The molecule has 0 aliphatic carbocycles. The van der Waals surface area contributed by atoms with Gasteiger partial charge in [-0.15, -0.1) is 0 Å². The van der Waals surface area contributed by atoms with Gasteiger partial charge >= 0.3 is 12.3 Å². The van der Waals surface area contributed by atoms with Crippen LogP contribution >= 0.6 is 0 Å². The number of aryl methyl sites for hydroxylation is 2. The lowest BCUT2D eigenvalue weighted by atomic mass is 9.83. The minimum Gasteiger partial charge on any atom is -0.444 e. The van der Waals surface area contributed by atoms with E-state index in [-0.39, 0.29) is 23.4 Å². The maximum absolute atomic E-state index is 14.9. The molecule has 2 N–H and O–H groups in total. The van der Waals surface area contributed by atoms with Crippen molar-refractivity contribution in [1.82, 2.24) is 4.90 Å². The molecule has 1 heterocycles. The van der Waals surface area contributed by atoms with Gasteiger partial charge in [0.1, 0.15) is 11.4 Å². The fourth-order valence-electron chi connectivity index (χ4n) is 5.38. The van der Waals surface area contributed by atoms with E-state index in [1.807, 2.05) is 0 Å². The Labute approximate surface area is 253 Å². The molecular formula is C33H35F4N3O4. The second-order valence-electron chi connectivity index (χ2n) is 11.9. The van der Waals surface area contributed by atoms with Gasteiger partial charge in [-0.25, -0.2) is 9.18 Å². The normalized spacial score (nSPS) is 17.2. The molecular weight excluding hydrogens is 578 g/mol. The minimum absolute atomic E-state index is 0.0168. The summed E-state index contributed by atoms with van der Waals surface area (Å²) in [5.74, 6) is -2.75. The Morgan fingerprint density at radius 1 is 0.886 bits per heavy atom. The molecule has 44 heavy (non-hydrogen) atoms. The largest absolute Gasteiger partial charge is 0.444 e. The number of benzene rings is 3. The average molecular weight is 614 g/mol. The van der Waals surface area contributed by atoms with Gasteiger partial charge in [-0.3, -0.25) is 14.9 Å². The highest BCUT2D eigenvalue weighted by molar-refractivity contribution is 5.98. The molecule has 7 nitrogen and oxygen atoms in total. The highest BCUT2D eigenvalue weighted by Crippen LogP contribution is 2.39. The van der Waals surface area contributed by atoms with Crippen LogP contribution in [0, 0.1) is 25.6 Å². The SMILES string of the molecule is Cc1ccc(NC(=O)[C@H]2CCCN(C(=O)c3c(C)cccc3F)[C@H]2c2ccc(NC(=O)OC(C)(C)C)cc2)cc1C(F)(F)F. The standard InChI is InChI=1S/C33H35F4N3O4/c1-19-11-14-23(18-25(19)33(35,36)37)38-29(41)24-9-7-17-40(30(42)27-20(2)8-6-10-26(27)34)28(24)21-12-15-22(16-13-21)39-31(43)44-32(3,4)5/h6,8,10-16,18,24,28H,7,9,17H2,1-5H3,(H,38,41)(H,39,43)/t24-,28-/m0/s1. The number of halogens is 4. The van der Waals surface area contributed by atoms with Crippen molar-refractivity contribution in [2.75, 3.05) is 17.2 Å². The van der Waals surface area contributed by atoms with E-state index in [1.165, 1.54) is 36.1 Å². The Kier molecular flexibility index (Phi) is 9.36. The van der Waals surface area contributed by atoms with E-state index >= 15 is 0 Å². The fraction of sp³-hybridized carbons (Fsp3) is 0.364. The second kappa shape index (κ2) is 12.7. The van der Waals surface area contributed by atoms with Gasteiger partial charge in [0.15, 0.2) is 0 Å². The monoisotopic (exact) mass is 613 g/mol. The molecule has 1 saturated heterocycles. The molecule has 0 bridgehead atoms. The van der Waals surface area contributed by atoms with E-state index in [0.717, 1.165) is 6.07 Å². The Morgan fingerprint density at radius 3 is 2.16 bits per heavy atom. The number of carbonyl (C=O) groups excluding carboxylic acids is 3. The molecule has 11 heteroatoms. The van der Waals surface area contributed by atoms with Crippen LogP contribution in [0.4, 0.5) is 33.7 Å². The number of anilines is 2. The summed E-state index contributed by atoms with van der Waals surface area (Å²) < 4.78 is 60.8. The number of nitrogens with one attached hydrogen (secondary N) is 2. The lowest BCUT2D eigenvalue weighted by Crippen LogP contribution is -2.46. The Bertz CT molecular complexity index is 1530. The first-order valence-corrected chi connectivity index (χ1v) is 14.2. The molecule has 0 aromatic heterocycles. The van der Waals surface area contributed by atoms with Crippen LogP contribution in [-0.2, 0) is 15.7 Å². The molecule has 1 aliphatic heterocycles. The van der Waals surface area contributed by atoms with E-state index in [4.69, 9.17) is 4.74 Å². The maximum atomic E-state index is 14.9. The van der Waals surface area contributed by atoms with Gasteiger partial charge in [-0.1, -0.05) is 30.3 Å². The molecule has 3 amide bonds. The number of carbonyl (C=O) groups is 3. The molecule has 2 atom stereocenters. The van der Waals surface area contributed by atoms with E-state index in [1.54, 1.807) is 58.0 Å². The zero-order chi connectivity index (χ0) is 32.4. The molecule has 1 fully saturated rings. The first-order chi connectivity index (χ1) is 20.5. The van der Waals surface area contributed by atoms with Gasteiger partial charge in [0.25, 0.3) is 5.91 Å². The lowest BCUT2D eigenvalue weighted by molar-refractivity contribution is -0.138. The molecule has 3 aromatic carbocycles. The van der Waals surface area contributed by atoms with E-state index in [2.05, 4.69) is 10.6 Å².